The average molecular weight is 361 g/mol. The lowest BCUT2D eigenvalue weighted by Gasteiger charge is -2.15. The molecule has 0 aliphatic carbocycles. The molecule has 0 amide bonds. The molecule has 0 aliphatic rings. The van der Waals surface area contributed by atoms with E-state index in [4.69, 9.17) is 0 Å². The number of nitrogens with zero attached hydrogens (tertiary/aromatic N) is 3. The van der Waals surface area contributed by atoms with E-state index in [1.807, 2.05) is 0 Å². The van der Waals surface area contributed by atoms with Crippen LogP contribution < -0.4 is 4.74 Å². The third kappa shape index (κ3) is 3.77. The first-order chi connectivity index (χ1) is 12.3. The lowest BCUT2D eigenvalue weighted by molar-refractivity contribution is -0.384. The van der Waals surface area contributed by atoms with Crippen LogP contribution in [0.1, 0.15) is 0 Å². The predicted octanol–water partition coefficient (Wildman–Crippen LogP) is 4.62. The van der Waals surface area contributed by atoms with E-state index in [2.05, 4.69) is 14.9 Å². The van der Waals surface area contributed by atoms with E-state index >= 15 is 0 Å². The zero-order chi connectivity index (χ0) is 18.7. The summed E-state index contributed by atoms with van der Waals surface area (Å²) in [5.74, 6) is -0.418. The van der Waals surface area contributed by atoms with E-state index in [0.29, 0.717) is 5.56 Å². The molecule has 0 N–H and O–H groups in total. The minimum Gasteiger partial charge on any atom is -0.405 e. The minimum atomic E-state index is -4.87. The van der Waals surface area contributed by atoms with Crippen LogP contribution in [0.2, 0.25) is 0 Å². The highest BCUT2D eigenvalue weighted by molar-refractivity contribution is 5.86. The molecule has 26 heavy (non-hydrogen) atoms. The predicted molar refractivity (Wildman–Crippen MR) is 86.2 cm³/mol. The van der Waals surface area contributed by atoms with Gasteiger partial charge in [-0.1, -0.05) is 18.2 Å². The number of rotatable bonds is 4. The van der Waals surface area contributed by atoms with Crippen LogP contribution in [0, 0.1) is 10.1 Å². The molecule has 6 nitrogen and oxygen atoms in total. The molecule has 0 spiro atoms. The van der Waals surface area contributed by atoms with Crippen molar-refractivity contribution in [3.8, 4) is 28.1 Å². The van der Waals surface area contributed by atoms with Gasteiger partial charge in [0, 0.05) is 29.5 Å². The Bertz CT molecular complexity index is 947. The van der Waals surface area contributed by atoms with Crippen molar-refractivity contribution in [2.45, 2.75) is 6.36 Å². The van der Waals surface area contributed by atoms with Crippen molar-refractivity contribution in [3.63, 3.8) is 0 Å². The van der Waals surface area contributed by atoms with Gasteiger partial charge in [0.1, 0.15) is 5.75 Å². The van der Waals surface area contributed by atoms with Crippen molar-refractivity contribution in [2.75, 3.05) is 0 Å². The van der Waals surface area contributed by atoms with Crippen molar-refractivity contribution in [1.82, 2.24) is 10.2 Å². The molecule has 9 heteroatoms. The van der Waals surface area contributed by atoms with Gasteiger partial charge in [0.05, 0.1) is 10.6 Å². The fraction of sp³-hybridized carbons (Fsp3) is 0.0588. The first-order valence-electron chi connectivity index (χ1n) is 7.27. The number of nitro groups is 1. The molecule has 0 radical (unpaired) electrons. The van der Waals surface area contributed by atoms with Crippen LogP contribution in [0.4, 0.5) is 18.9 Å². The van der Waals surface area contributed by atoms with Crippen LogP contribution in [-0.4, -0.2) is 21.5 Å². The molecular weight excluding hydrogens is 351 g/mol. The number of non-ortho nitro benzene ring substituents is 1. The molecular formula is C17H10F3N3O3. The lowest BCUT2D eigenvalue weighted by Crippen LogP contribution is -2.17. The maximum Gasteiger partial charge on any atom is 0.573 e. The van der Waals surface area contributed by atoms with Gasteiger partial charge >= 0.3 is 6.36 Å². The number of ether oxygens (including phenoxy) is 1. The van der Waals surface area contributed by atoms with Gasteiger partial charge in [0.15, 0.2) is 0 Å². The number of benzene rings is 2. The molecule has 0 atom stereocenters. The Balaban J connectivity index is 2.22. The molecule has 1 heterocycles. The number of alkyl halides is 3. The number of hydrogen-bond donors (Lipinski definition) is 0. The summed E-state index contributed by atoms with van der Waals surface area (Å²) in [5, 5.41) is 18.7. The quantitative estimate of drug-likeness (QED) is 0.501. The SMILES string of the molecule is O=[N+]([O-])c1ccc(-c2ccccc2OC(F)(F)F)c(-c2cccnn2)c1. The summed E-state index contributed by atoms with van der Waals surface area (Å²) in [6.45, 7) is 0. The van der Waals surface area contributed by atoms with Crippen LogP contribution in [-0.2, 0) is 0 Å². The Hall–Kier alpha value is -3.49. The second kappa shape index (κ2) is 6.79. The molecule has 3 aromatic rings. The Kier molecular flexibility index (Phi) is 4.53. The van der Waals surface area contributed by atoms with Gasteiger partial charge in [-0.3, -0.25) is 10.1 Å². The minimum absolute atomic E-state index is 0.125. The van der Waals surface area contributed by atoms with E-state index < -0.39 is 17.0 Å². The van der Waals surface area contributed by atoms with Crippen LogP contribution in [0.15, 0.2) is 60.8 Å². The van der Waals surface area contributed by atoms with E-state index in [-0.39, 0.29) is 22.5 Å². The number of halogens is 3. The first kappa shape index (κ1) is 17.3. The van der Waals surface area contributed by atoms with Crippen molar-refractivity contribution >= 4 is 5.69 Å². The molecule has 3 rings (SSSR count). The maximum absolute atomic E-state index is 12.7. The zero-order valence-electron chi connectivity index (χ0n) is 13.0. The molecule has 0 aliphatic heterocycles. The number of nitro benzene ring substituents is 1. The molecule has 2 aromatic carbocycles. The number of aromatic nitrogens is 2. The summed E-state index contributed by atoms with van der Waals surface area (Å²) in [7, 11) is 0. The molecule has 0 unspecified atom stereocenters. The van der Waals surface area contributed by atoms with E-state index in [1.165, 1.54) is 42.6 Å². The summed E-state index contributed by atoms with van der Waals surface area (Å²) in [6.07, 6.45) is -3.45. The number of para-hydroxylation sites is 1. The normalized spacial score (nSPS) is 11.2. The van der Waals surface area contributed by atoms with Crippen molar-refractivity contribution in [1.29, 1.82) is 0 Å². The van der Waals surface area contributed by atoms with Crippen LogP contribution in [0.25, 0.3) is 22.4 Å². The van der Waals surface area contributed by atoms with Gasteiger partial charge in [-0.25, -0.2) is 0 Å². The Morgan fingerprint density at radius 2 is 1.73 bits per heavy atom. The third-order valence-corrected chi connectivity index (χ3v) is 3.47. The Morgan fingerprint density at radius 1 is 0.962 bits per heavy atom. The summed E-state index contributed by atoms with van der Waals surface area (Å²) in [6, 6.07) is 12.5. The van der Waals surface area contributed by atoms with E-state index in [9.17, 15) is 23.3 Å². The van der Waals surface area contributed by atoms with Gasteiger partial charge in [-0.2, -0.15) is 10.2 Å². The maximum atomic E-state index is 12.7. The van der Waals surface area contributed by atoms with Gasteiger partial charge in [0.25, 0.3) is 5.69 Å². The highest BCUT2D eigenvalue weighted by Crippen LogP contribution is 2.39. The van der Waals surface area contributed by atoms with Gasteiger partial charge in [-0.05, 0) is 29.8 Å². The molecule has 1 aromatic heterocycles. The molecule has 0 fully saturated rings. The van der Waals surface area contributed by atoms with Gasteiger partial charge < -0.3 is 4.74 Å². The second-order valence-electron chi connectivity index (χ2n) is 5.14. The highest BCUT2D eigenvalue weighted by Gasteiger charge is 2.32. The topological polar surface area (TPSA) is 78.2 Å². The monoisotopic (exact) mass is 361 g/mol. The standard InChI is InChI=1S/C17H10F3N3O3/c18-17(19,20)26-16-6-2-1-4-13(16)12-8-7-11(23(24)25)10-14(12)15-5-3-9-21-22-15/h1-10H. The van der Waals surface area contributed by atoms with Crippen LogP contribution in [0.5, 0.6) is 5.75 Å². The van der Waals surface area contributed by atoms with Crippen molar-refractivity contribution < 1.29 is 22.8 Å². The van der Waals surface area contributed by atoms with Crippen LogP contribution >= 0.6 is 0 Å². The summed E-state index contributed by atoms with van der Waals surface area (Å²) < 4.78 is 42.2. The fourth-order valence-electron chi connectivity index (χ4n) is 2.44. The highest BCUT2D eigenvalue weighted by atomic mass is 19.4. The van der Waals surface area contributed by atoms with E-state index in [0.717, 1.165) is 0 Å². The van der Waals surface area contributed by atoms with Crippen molar-refractivity contribution in [2.24, 2.45) is 0 Å². The summed E-state index contributed by atoms with van der Waals surface area (Å²) in [5.41, 5.74) is 0.762. The molecule has 0 bridgehead atoms. The van der Waals surface area contributed by atoms with Crippen LogP contribution in [0.3, 0.4) is 0 Å². The van der Waals surface area contributed by atoms with E-state index in [1.54, 1.807) is 18.2 Å². The second-order valence-corrected chi connectivity index (χ2v) is 5.14. The fourth-order valence-corrected chi connectivity index (χ4v) is 2.44. The molecule has 132 valence electrons. The van der Waals surface area contributed by atoms with Gasteiger partial charge in [-0.15, -0.1) is 13.2 Å². The smallest absolute Gasteiger partial charge is 0.405 e. The zero-order valence-corrected chi connectivity index (χ0v) is 13.0. The lowest BCUT2D eigenvalue weighted by atomic mass is 9.96. The Morgan fingerprint density at radius 3 is 2.38 bits per heavy atom. The largest absolute Gasteiger partial charge is 0.573 e. The summed E-state index contributed by atoms with van der Waals surface area (Å²) >= 11 is 0. The molecule has 0 saturated carbocycles. The third-order valence-electron chi connectivity index (χ3n) is 3.47. The first-order valence-corrected chi connectivity index (χ1v) is 7.27. The average Bonchev–Trinajstić information content (AvgIpc) is 2.61. The summed E-state index contributed by atoms with van der Waals surface area (Å²) in [4.78, 5) is 10.5. The Labute approximate surface area is 145 Å². The molecule has 0 saturated heterocycles. The van der Waals surface area contributed by atoms with Crippen molar-refractivity contribution in [3.05, 3.63) is 70.9 Å². The van der Waals surface area contributed by atoms with Gasteiger partial charge in [0.2, 0.25) is 0 Å². The number of hydrogen-bond acceptors (Lipinski definition) is 5.